The van der Waals surface area contributed by atoms with Crippen LogP contribution in [0.1, 0.15) is 13.3 Å². The molecule has 8 heteroatoms. The number of rotatable bonds is 8. The van der Waals surface area contributed by atoms with Crippen LogP contribution in [-0.4, -0.2) is 56.9 Å². The first-order valence-electron chi connectivity index (χ1n) is 6.06. The van der Waals surface area contributed by atoms with Crippen LogP contribution in [-0.2, 0) is 9.59 Å². The first kappa shape index (κ1) is 16.6. The van der Waals surface area contributed by atoms with Gasteiger partial charge < -0.3 is 15.9 Å². The fourth-order valence-corrected chi connectivity index (χ4v) is 4.17. The van der Waals surface area contributed by atoms with Crippen molar-refractivity contribution >= 4 is 35.5 Å². The van der Waals surface area contributed by atoms with Crippen molar-refractivity contribution in [1.82, 2.24) is 5.32 Å². The standard InChI is InChI=1S/C11H20N2O4S2/c1-6(3-18-4-7(12)10(14)15)2-9-13-8(5-19-9)11(16)17/h6-9,13H,2-5,12H2,1H3,(H,14,15)(H,16,17)/t6?,7-,8-,9?/m0/s1. The molecule has 110 valence electrons. The van der Waals surface area contributed by atoms with Crippen LogP contribution in [0.25, 0.3) is 0 Å². The Morgan fingerprint density at radius 3 is 2.68 bits per heavy atom. The number of carboxylic acid groups (broad SMARTS) is 2. The van der Waals surface area contributed by atoms with Gasteiger partial charge in [0.05, 0.1) is 5.37 Å². The molecule has 0 aliphatic carbocycles. The van der Waals surface area contributed by atoms with Gasteiger partial charge in [0.2, 0.25) is 0 Å². The molecule has 0 saturated carbocycles. The average molecular weight is 308 g/mol. The molecule has 5 N–H and O–H groups in total. The summed E-state index contributed by atoms with van der Waals surface area (Å²) in [7, 11) is 0. The monoisotopic (exact) mass is 308 g/mol. The van der Waals surface area contributed by atoms with Crippen LogP contribution < -0.4 is 11.1 Å². The SMILES string of the molecule is CC(CSC[C@H](N)C(=O)O)CC1N[C@H](C(=O)O)CS1. The summed E-state index contributed by atoms with van der Waals surface area (Å²) >= 11 is 3.16. The third-order valence-electron chi connectivity index (χ3n) is 2.78. The van der Waals surface area contributed by atoms with E-state index in [1.807, 2.05) is 0 Å². The van der Waals surface area contributed by atoms with E-state index in [0.29, 0.717) is 17.4 Å². The summed E-state index contributed by atoms with van der Waals surface area (Å²) in [6.45, 7) is 2.08. The average Bonchev–Trinajstić information content (AvgIpc) is 2.77. The van der Waals surface area contributed by atoms with Crippen molar-refractivity contribution in [3.8, 4) is 0 Å². The van der Waals surface area contributed by atoms with Crippen LogP contribution in [0, 0.1) is 5.92 Å². The second-order valence-corrected chi connectivity index (χ2v) is 7.01. The zero-order chi connectivity index (χ0) is 14.4. The van der Waals surface area contributed by atoms with E-state index >= 15 is 0 Å². The molecule has 1 fully saturated rings. The zero-order valence-corrected chi connectivity index (χ0v) is 12.4. The molecule has 19 heavy (non-hydrogen) atoms. The van der Waals surface area contributed by atoms with Gasteiger partial charge in [0, 0.05) is 11.5 Å². The Bertz CT molecular complexity index is 330. The Labute approximate surface area is 120 Å². The Morgan fingerprint density at radius 1 is 1.47 bits per heavy atom. The van der Waals surface area contributed by atoms with Crippen LogP contribution in [0.15, 0.2) is 0 Å². The summed E-state index contributed by atoms with van der Waals surface area (Å²) in [5, 5.41) is 20.8. The maximum Gasteiger partial charge on any atom is 0.321 e. The molecular weight excluding hydrogens is 288 g/mol. The van der Waals surface area contributed by atoms with Gasteiger partial charge in [0.15, 0.2) is 0 Å². The second kappa shape index (κ2) is 7.98. The lowest BCUT2D eigenvalue weighted by atomic mass is 10.1. The molecule has 0 radical (unpaired) electrons. The molecule has 2 unspecified atom stereocenters. The predicted molar refractivity (Wildman–Crippen MR) is 77.5 cm³/mol. The van der Waals surface area contributed by atoms with Crippen molar-refractivity contribution in [1.29, 1.82) is 0 Å². The summed E-state index contributed by atoms with van der Waals surface area (Å²) in [6.07, 6.45) is 0.879. The van der Waals surface area contributed by atoms with E-state index in [1.54, 1.807) is 11.8 Å². The van der Waals surface area contributed by atoms with Crippen LogP contribution in [0.5, 0.6) is 0 Å². The van der Waals surface area contributed by atoms with E-state index in [9.17, 15) is 9.59 Å². The molecule has 1 aliphatic heterocycles. The molecule has 6 nitrogen and oxygen atoms in total. The molecule has 1 heterocycles. The molecule has 1 rings (SSSR count). The highest BCUT2D eigenvalue weighted by molar-refractivity contribution is 8.00. The Morgan fingerprint density at radius 2 is 2.16 bits per heavy atom. The number of nitrogens with two attached hydrogens (primary N) is 1. The summed E-state index contributed by atoms with van der Waals surface area (Å²) < 4.78 is 0. The van der Waals surface area contributed by atoms with Crippen LogP contribution in [0.3, 0.4) is 0 Å². The van der Waals surface area contributed by atoms with Gasteiger partial charge in [-0.05, 0) is 18.1 Å². The Kier molecular flexibility index (Phi) is 6.98. The van der Waals surface area contributed by atoms with E-state index in [-0.39, 0.29) is 5.37 Å². The normalized spacial score (nSPS) is 26.0. The van der Waals surface area contributed by atoms with Gasteiger partial charge in [0.25, 0.3) is 0 Å². The van der Waals surface area contributed by atoms with Gasteiger partial charge in [-0.3, -0.25) is 14.9 Å². The first-order chi connectivity index (χ1) is 8.90. The Hall–Kier alpha value is -0.440. The van der Waals surface area contributed by atoms with E-state index < -0.39 is 24.0 Å². The van der Waals surface area contributed by atoms with Crippen LogP contribution >= 0.6 is 23.5 Å². The highest BCUT2D eigenvalue weighted by Gasteiger charge is 2.30. The van der Waals surface area contributed by atoms with E-state index in [2.05, 4.69) is 12.2 Å². The van der Waals surface area contributed by atoms with Crippen molar-refractivity contribution in [2.45, 2.75) is 30.8 Å². The summed E-state index contributed by atoms with van der Waals surface area (Å²) in [6, 6.07) is -1.26. The number of thioether (sulfide) groups is 2. The lowest BCUT2D eigenvalue weighted by molar-refractivity contribution is -0.139. The van der Waals surface area contributed by atoms with Crippen molar-refractivity contribution in [2.75, 3.05) is 17.3 Å². The van der Waals surface area contributed by atoms with Gasteiger partial charge in [-0.15, -0.1) is 11.8 Å². The topological polar surface area (TPSA) is 113 Å². The molecular formula is C11H20N2O4S2. The number of aliphatic carboxylic acids is 2. The summed E-state index contributed by atoms with van der Waals surface area (Å²) in [5.41, 5.74) is 5.42. The van der Waals surface area contributed by atoms with Crippen molar-refractivity contribution < 1.29 is 19.8 Å². The van der Waals surface area contributed by atoms with E-state index in [0.717, 1.165) is 12.2 Å². The highest BCUT2D eigenvalue weighted by Crippen LogP contribution is 2.26. The lowest BCUT2D eigenvalue weighted by Gasteiger charge is -2.17. The molecule has 4 atom stereocenters. The number of nitrogens with one attached hydrogen (secondary N) is 1. The molecule has 0 aromatic rings. The maximum absolute atomic E-state index is 10.8. The van der Waals surface area contributed by atoms with Gasteiger partial charge in [-0.1, -0.05) is 6.92 Å². The minimum absolute atomic E-state index is 0.171. The fraction of sp³-hybridized carbons (Fsp3) is 0.818. The van der Waals surface area contributed by atoms with E-state index in [4.69, 9.17) is 15.9 Å². The number of carboxylic acids is 2. The molecule has 0 aromatic carbocycles. The molecule has 1 saturated heterocycles. The quantitative estimate of drug-likeness (QED) is 0.505. The third-order valence-corrected chi connectivity index (χ3v) is 5.44. The molecule has 0 amide bonds. The third kappa shape index (κ3) is 6.03. The van der Waals surface area contributed by atoms with Gasteiger partial charge in [-0.25, -0.2) is 0 Å². The van der Waals surface area contributed by atoms with Crippen molar-refractivity contribution in [3.05, 3.63) is 0 Å². The van der Waals surface area contributed by atoms with Gasteiger partial charge in [0.1, 0.15) is 12.1 Å². The van der Waals surface area contributed by atoms with Crippen LogP contribution in [0.4, 0.5) is 0 Å². The second-order valence-electron chi connectivity index (χ2n) is 4.70. The molecule has 1 aliphatic rings. The number of hydrogen-bond donors (Lipinski definition) is 4. The molecule has 0 bridgehead atoms. The summed E-state index contributed by atoms with van der Waals surface area (Å²) in [5.74, 6) is 0.453. The lowest BCUT2D eigenvalue weighted by Crippen LogP contribution is -2.37. The zero-order valence-electron chi connectivity index (χ0n) is 10.7. The van der Waals surface area contributed by atoms with E-state index in [1.165, 1.54) is 11.8 Å². The minimum atomic E-state index is -0.975. The van der Waals surface area contributed by atoms with Gasteiger partial charge in [-0.2, -0.15) is 11.8 Å². The maximum atomic E-state index is 10.8. The molecule has 0 spiro atoms. The number of hydrogen-bond acceptors (Lipinski definition) is 6. The minimum Gasteiger partial charge on any atom is -0.480 e. The van der Waals surface area contributed by atoms with Gasteiger partial charge >= 0.3 is 11.9 Å². The number of carbonyl (C=O) groups is 2. The Balaban J connectivity index is 2.16. The fourth-order valence-electron chi connectivity index (χ4n) is 1.71. The summed E-state index contributed by atoms with van der Waals surface area (Å²) in [4.78, 5) is 21.3. The van der Waals surface area contributed by atoms with Crippen molar-refractivity contribution in [3.63, 3.8) is 0 Å². The molecule has 0 aromatic heterocycles. The highest BCUT2D eigenvalue weighted by atomic mass is 32.2. The smallest absolute Gasteiger partial charge is 0.321 e. The largest absolute Gasteiger partial charge is 0.480 e. The first-order valence-corrected chi connectivity index (χ1v) is 8.27. The van der Waals surface area contributed by atoms with Crippen molar-refractivity contribution in [2.24, 2.45) is 11.7 Å². The van der Waals surface area contributed by atoms with Crippen LogP contribution in [0.2, 0.25) is 0 Å². The predicted octanol–water partition coefficient (Wildman–Crippen LogP) is 0.273.